The van der Waals surface area contributed by atoms with Gasteiger partial charge in [0.2, 0.25) is 0 Å². The predicted octanol–water partition coefficient (Wildman–Crippen LogP) is 2.88. The lowest BCUT2D eigenvalue weighted by Gasteiger charge is -2.03. The molecule has 0 aliphatic heterocycles. The van der Waals surface area contributed by atoms with Crippen molar-refractivity contribution in [1.82, 2.24) is 10.3 Å². The molecule has 21 heavy (non-hydrogen) atoms. The minimum atomic E-state index is -0.191. The average Bonchev–Trinajstić information content (AvgIpc) is 3.13. The third-order valence-electron chi connectivity index (χ3n) is 3.05. The molecule has 2 aromatic heterocycles. The van der Waals surface area contributed by atoms with Gasteiger partial charge in [0, 0.05) is 10.1 Å². The molecule has 0 unspecified atom stereocenters. The monoisotopic (exact) mass is 319 g/mol. The van der Waals surface area contributed by atoms with Crippen molar-refractivity contribution in [2.75, 3.05) is 12.8 Å². The summed E-state index contributed by atoms with van der Waals surface area (Å²) in [4.78, 5) is 16.9. The molecule has 3 N–H and O–H groups in total. The van der Waals surface area contributed by atoms with Crippen LogP contribution in [0.5, 0.6) is 5.75 Å². The molecule has 0 aliphatic rings. The highest BCUT2D eigenvalue weighted by atomic mass is 32.1. The van der Waals surface area contributed by atoms with E-state index >= 15 is 0 Å². The molecule has 0 saturated heterocycles. The molecule has 1 aromatic carbocycles. The number of thiazole rings is 1. The van der Waals surface area contributed by atoms with E-state index < -0.39 is 0 Å². The van der Waals surface area contributed by atoms with E-state index in [9.17, 15) is 4.79 Å². The van der Waals surface area contributed by atoms with Gasteiger partial charge in [-0.15, -0.1) is 22.7 Å². The van der Waals surface area contributed by atoms with Crippen LogP contribution in [0.1, 0.15) is 15.4 Å². The first-order valence-electron chi connectivity index (χ1n) is 6.21. The van der Waals surface area contributed by atoms with Gasteiger partial charge in [0.1, 0.15) is 10.6 Å². The van der Waals surface area contributed by atoms with Gasteiger partial charge in [0.25, 0.3) is 5.91 Å². The lowest BCUT2D eigenvalue weighted by atomic mass is 10.2. The SMILES string of the molecule is COc1cccc2sc(C(=O)NCc3cscn3)c(N)c12. The van der Waals surface area contributed by atoms with Gasteiger partial charge in [0.15, 0.2) is 0 Å². The van der Waals surface area contributed by atoms with Gasteiger partial charge in [-0.3, -0.25) is 4.79 Å². The summed E-state index contributed by atoms with van der Waals surface area (Å²) in [6, 6.07) is 5.65. The van der Waals surface area contributed by atoms with Crippen molar-refractivity contribution in [2.24, 2.45) is 0 Å². The summed E-state index contributed by atoms with van der Waals surface area (Å²) in [5, 5.41) is 5.53. The smallest absolute Gasteiger partial charge is 0.263 e. The van der Waals surface area contributed by atoms with Gasteiger partial charge in [-0.05, 0) is 12.1 Å². The molecular formula is C14H13N3O2S2. The maximum Gasteiger partial charge on any atom is 0.263 e. The number of nitrogens with zero attached hydrogens (tertiary/aromatic N) is 1. The number of methoxy groups -OCH3 is 1. The largest absolute Gasteiger partial charge is 0.496 e. The summed E-state index contributed by atoms with van der Waals surface area (Å²) in [6.45, 7) is 0.396. The highest BCUT2D eigenvalue weighted by molar-refractivity contribution is 7.21. The van der Waals surface area contributed by atoms with E-state index in [0.29, 0.717) is 22.9 Å². The van der Waals surface area contributed by atoms with Crippen molar-refractivity contribution >= 4 is 44.4 Å². The minimum absolute atomic E-state index is 0.191. The Morgan fingerprint density at radius 2 is 2.33 bits per heavy atom. The maximum absolute atomic E-state index is 12.3. The normalized spacial score (nSPS) is 10.7. The summed E-state index contributed by atoms with van der Waals surface area (Å²) >= 11 is 2.86. The number of nitrogens with two attached hydrogens (primary N) is 1. The molecular weight excluding hydrogens is 306 g/mol. The molecule has 0 saturated carbocycles. The fraction of sp³-hybridized carbons (Fsp3) is 0.143. The fourth-order valence-electron chi connectivity index (χ4n) is 2.05. The van der Waals surface area contributed by atoms with E-state index in [1.165, 1.54) is 22.7 Å². The number of aromatic nitrogens is 1. The van der Waals surface area contributed by atoms with Crippen LogP contribution in [0, 0.1) is 0 Å². The molecule has 0 aliphatic carbocycles. The molecule has 1 amide bonds. The lowest BCUT2D eigenvalue weighted by Crippen LogP contribution is -2.22. The average molecular weight is 319 g/mol. The number of benzene rings is 1. The zero-order valence-electron chi connectivity index (χ0n) is 11.3. The summed E-state index contributed by atoms with van der Waals surface area (Å²) < 4.78 is 6.24. The molecule has 0 spiro atoms. The number of hydrogen-bond donors (Lipinski definition) is 2. The van der Waals surface area contributed by atoms with Gasteiger partial charge >= 0.3 is 0 Å². The number of anilines is 1. The number of ether oxygens (including phenoxy) is 1. The van der Waals surface area contributed by atoms with Crippen LogP contribution in [0.4, 0.5) is 5.69 Å². The second-order valence-electron chi connectivity index (χ2n) is 4.34. The maximum atomic E-state index is 12.3. The van der Waals surface area contributed by atoms with Crippen molar-refractivity contribution in [1.29, 1.82) is 0 Å². The van der Waals surface area contributed by atoms with Crippen LogP contribution in [0.2, 0.25) is 0 Å². The molecule has 7 heteroatoms. The second kappa shape index (κ2) is 5.71. The predicted molar refractivity (Wildman–Crippen MR) is 86.1 cm³/mol. The van der Waals surface area contributed by atoms with Crippen LogP contribution in [-0.2, 0) is 6.54 Å². The van der Waals surface area contributed by atoms with Gasteiger partial charge in [0.05, 0.1) is 35.9 Å². The molecule has 108 valence electrons. The minimum Gasteiger partial charge on any atom is -0.496 e. The van der Waals surface area contributed by atoms with E-state index in [0.717, 1.165) is 15.8 Å². The van der Waals surface area contributed by atoms with Crippen LogP contribution in [0.3, 0.4) is 0 Å². The molecule has 0 radical (unpaired) electrons. The Labute approximate surface area is 129 Å². The van der Waals surface area contributed by atoms with Crippen molar-refractivity contribution < 1.29 is 9.53 Å². The third-order valence-corrected chi connectivity index (χ3v) is 4.86. The topological polar surface area (TPSA) is 77.2 Å². The van der Waals surface area contributed by atoms with E-state index in [4.69, 9.17) is 10.5 Å². The van der Waals surface area contributed by atoms with Gasteiger partial charge in [-0.2, -0.15) is 0 Å². The van der Waals surface area contributed by atoms with Gasteiger partial charge in [-0.1, -0.05) is 6.07 Å². The number of fused-ring (bicyclic) bond motifs is 1. The molecule has 5 nitrogen and oxygen atoms in total. The fourth-order valence-corrected chi connectivity index (χ4v) is 3.67. The summed E-state index contributed by atoms with van der Waals surface area (Å²) in [6.07, 6.45) is 0. The highest BCUT2D eigenvalue weighted by Crippen LogP contribution is 2.39. The Kier molecular flexibility index (Phi) is 3.76. The molecule has 2 heterocycles. The lowest BCUT2D eigenvalue weighted by molar-refractivity contribution is 0.0955. The molecule has 0 atom stereocenters. The molecule has 0 bridgehead atoms. The molecule has 3 aromatic rings. The third kappa shape index (κ3) is 2.57. The van der Waals surface area contributed by atoms with E-state index in [-0.39, 0.29) is 5.91 Å². The summed E-state index contributed by atoms with van der Waals surface area (Å²) in [7, 11) is 1.59. The van der Waals surface area contributed by atoms with Crippen LogP contribution < -0.4 is 15.8 Å². The highest BCUT2D eigenvalue weighted by Gasteiger charge is 2.18. The van der Waals surface area contributed by atoms with Crippen LogP contribution in [0.25, 0.3) is 10.1 Å². The van der Waals surface area contributed by atoms with E-state index in [1.54, 1.807) is 12.6 Å². The van der Waals surface area contributed by atoms with Crippen molar-refractivity contribution in [2.45, 2.75) is 6.54 Å². The van der Waals surface area contributed by atoms with Crippen molar-refractivity contribution in [3.05, 3.63) is 39.7 Å². The second-order valence-corrected chi connectivity index (χ2v) is 6.11. The van der Waals surface area contributed by atoms with Gasteiger partial charge < -0.3 is 15.8 Å². The Hall–Kier alpha value is -2.12. The first-order chi connectivity index (χ1) is 10.2. The molecule has 3 rings (SSSR count). The van der Waals surface area contributed by atoms with Crippen LogP contribution in [-0.4, -0.2) is 18.0 Å². The number of thiophene rings is 1. The Morgan fingerprint density at radius 3 is 3.05 bits per heavy atom. The zero-order chi connectivity index (χ0) is 14.8. The quantitative estimate of drug-likeness (QED) is 0.775. The number of carbonyl (C=O) groups is 1. The number of rotatable bonds is 4. The number of nitrogens with one attached hydrogen (secondary N) is 1. The first-order valence-corrected chi connectivity index (χ1v) is 7.97. The summed E-state index contributed by atoms with van der Waals surface area (Å²) in [5.74, 6) is 0.489. The standard InChI is InChI=1S/C14H13N3O2S2/c1-19-9-3-2-4-10-11(9)12(15)13(21-10)14(18)16-5-8-6-20-7-17-8/h2-4,6-7H,5,15H2,1H3,(H,16,18). The van der Waals surface area contributed by atoms with E-state index in [2.05, 4.69) is 10.3 Å². The van der Waals surface area contributed by atoms with Crippen molar-refractivity contribution in [3.63, 3.8) is 0 Å². The zero-order valence-corrected chi connectivity index (χ0v) is 12.9. The van der Waals surface area contributed by atoms with Crippen molar-refractivity contribution in [3.8, 4) is 5.75 Å². The Bertz CT molecular complexity index is 781. The number of carbonyl (C=O) groups excluding carboxylic acids is 1. The number of amides is 1. The van der Waals surface area contributed by atoms with E-state index in [1.807, 2.05) is 23.6 Å². The Balaban J connectivity index is 1.89. The van der Waals surface area contributed by atoms with Crippen LogP contribution in [0.15, 0.2) is 29.1 Å². The number of hydrogen-bond acceptors (Lipinski definition) is 6. The number of nitrogen functional groups attached to an aromatic ring is 1. The summed E-state index contributed by atoms with van der Waals surface area (Å²) in [5.41, 5.74) is 9.16. The van der Waals surface area contributed by atoms with Gasteiger partial charge in [-0.25, -0.2) is 4.98 Å². The van der Waals surface area contributed by atoms with Crippen LogP contribution >= 0.6 is 22.7 Å². The molecule has 0 fully saturated rings. The first kappa shape index (κ1) is 13.8. The Morgan fingerprint density at radius 1 is 1.48 bits per heavy atom.